The highest BCUT2D eigenvalue weighted by atomic mass is 32.3. The maximum Gasteiger partial charge on any atom is 0.262 e. The van der Waals surface area contributed by atoms with Crippen LogP contribution in [0.3, 0.4) is 0 Å². The maximum atomic E-state index is 11.6. The van der Waals surface area contributed by atoms with E-state index in [0.29, 0.717) is 25.7 Å². The Morgan fingerprint density at radius 3 is 2.33 bits per heavy atom. The van der Waals surface area contributed by atoms with E-state index in [4.69, 9.17) is 4.18 Å². The molecule has 5 atom stereocenters. The van der Waals surface area contributed by atoms with Gasteiger partial charge >= 0.3 is 0 Å². The maximum absolute atomic E-state index is 11.6. The summed E-state index contributed by atoms with van der Waals surface area (Å²) in [6.07, 6.45) is 12.2. The molecule has 0 spiro atoms. The first-order valence-corrected chi connectivity index (χ1v) is 19.6. The standard InChI is InChI=1S/C36H56O10S2/c1-25(2)11-8-12-26(3)13-9-21-36(7,38)33(37)19-22-34(5)20-10-14-31-30(34)17-15-27(4)35(31,6)24-28-23-29(45-47(39,40)41)16-18-32(28)46-48(42,43)44/h11,13,16,18,23,27,33,37-38H,8-10,12,14-15,17,19-22,24H2,1-7H3,(H,39,40,41)(H,42,43,44)/p-2/b26-13+/t27-,33?,34-,35+,36?/m0/s1. The number of rotatable bonds is 16. The first kappa shape index (κ1) is 40.2. The van der Waals surface area contributed by atoms with Gasteiger partial charge in [-0.1, -0.05) is 55.2 Å². The second kappa shape index (κ2) is 15.8. The molecule has 0 aliphatic heterocycles. The third-order valence-electron chi connectivity index (χ3n) is 10.8. The SMILES string of the molecule is CC(C)=CCC/C(C)=C/CCC(C)(O)C(O)CC[C@]1(C)CCCC2=C1CC[C@H](C)[C@@]2(C)Cc1cc(OS(=O)(=O)[O-])ccc1OS(=O)(=O)[O-]. The van der Waals surface area contributed by atoms with Gasteiger partial charge in [-0.2, -0.15) is 0 Å². The summed E-state index contributed by atoms with van der Waals surface area (Å²) in [6, 6.07) is 3.43. The Kier molecular flexibility index (Phi) is 13.2. The van der Waals surface area contributed by atoms with Crippen LogP contribution in [-0.4, -0.2) is 47.9 Å². The number of aliphatic hydroxyl groups excluding tert-OH is 1. The lowest BCUT2D eigenvalue weighted by Gasteiger charge is -2.51. The smallest absolute Gasteiger partial charge is 0.262 e. The van der Waals surface area contributed by atoms with E-state index in [1.165, 1.54) is 28.4 Å². The van der Waals surface area contributed by atoms with Gasteiger partial charge in [0.15, 0.2) is 0 Å². The van der Waals surface area contributed by atoms with Crippen LogP contribution < -0.4 is 8.37 Å². The molecule has 10 nitrogen and oxygen atoms in total. The van der Waals surface area contributed by atoms with Crippen LogP contribution in [0, 0.1) is 16.7 Å². The highest BCUT2D eigenvalue weighted by Crippen LogP contribution is 2.58. The van der Waals surface area contributed by atoms with Crippen molar-refractivity contribution in [1.82, 2.24) is 0 Å². The van der Waals surface area contributed by atoms with Crippen molar-refractivity contribution in [3.63, 3.8) is 0 Å². The van der Waals surface area contributed by atoms with Crippen molar-refractivity contribution < 1.29 is 44.5 Å². The van der Waals surface area contributed by atoms with Crippen LogP contribution in [0.5, 0.6) is 11.5 Å². The zero-order valence-corrected chi connectivity index (χ0v) is 31.1. The zero-order valence-electron chi connectivity index (χ0n) is 29.5. The average Bonchev–Trinajstić information content (AvgIpc) is 2.94. The predicted octanol–water partition coefficient (Wildman–Crippen LogP) is 7.20. The van der Waals surface area contributed by atoms with Gasteiger partial charge < -0.3 is 27.7 Å². The van der Waals surface area contributed by atoms with Gasteiger partial charge in [-0.25, -0.2) is 16.8 Å². The first-order valence-electron chi connectivity index (χ1n) is 16.9. The summed E-state index contributed by atoms with van der Waals surface area (Å²) >= 11 is 0. The Morgan fingerprint density at radius 2 is 1.71 bits per heavy atom. The van der Waals surface area contributed by atoms with E-state index in [1.807, 2.05) is 0 Å². The molecule has 48 heavy (non-hydrogen) atoms. The van der Waals surface area contributed by atoms with Crippen molar-refractivity contribution in [2.24, 2.45) is 16.7 Å². The molecule has 272 valence electrons. The van der Waals surface area contributed by atoms with Crippen LogP contribution in [0.15, 0.2) is 52.6 Å². The lowest BCUT2D eigenvalue weighted by Crippen LogP contribution is -2.42. The molecule has 0 fully saturated rings. The normalized spacial score (nSPS) is 25.6. The van der Waals surface area contributed by atoms with Gasteiger partial charge in [0.2, 0.25) is 0 Å². The van der Waals surface area contributed by atoms with Crippen molar-refractivity contribution in [3.8, 4) is 11.5 Å². The fourth-order valence-corrected chi connectivity index (χ4v) is 8.34. The van der Waals surface area contributed by atoms with E-state index >= 15 is 0 Å². The molecule has 2 N–H and O–H groups in total. The molecule has 2 aliphatic rings. The molecule has 1 aromatic carbocycles. The van der Waals surface area contributed by atoms with Crippen LogP contribution >= 0.6 is 0 Å². The minimum atomic E-state index is -5.14. The lowest BCUT2D eigenvalue weighted by molar-refractivity contribution is -0.0733. The van der Waals surface area contributed by atoms with Crippen LogP contribution in [-0.2, 0) is 27.2 Å². The number of aliphatic hydroxyl groups is 2. The Labute approximate surface area is 288 Å². The van der Waals surface area contributed by atoms with Gasteiger partial charge in [0, 0.05) is 5.56 Å². The molecule has 0 bridgehead atoms. The van der Waals surface area contributed by atoms with Gasteiger partial charge in [0.25, 0.3) is 20.8 Å². The van der Waals surface area contributed by atoms with Crippen molar-refractivity contribution in [3.05, 3.63) is 58.2 Å². The number of benzene rings is 1. The summed E-state index contributed by atoms with van der Waals surface area (Å²) in [7, 11) is -10.2. The summed E-state index contributed by atoms with van der Waals surface area (Å²) in [5.41, 5.74) is 3.33. The largest absolute Gasteiger partial charge is 0.716 e. The molecule has 0 saturated carbocycles. The minimum Gasteiger partial charge on any atom is -0.716 e. The van der Waals surface area contributed by atoms with Gasteiger partial charge in [0.1, 0.15) is 11.5 Å². The van der Waals surface area contributed by atoms with Crippen molar-refractivity contribution in [1.29, 1.82) is 0 Å². The van der Waals surface area contributed by atoms with Gasteiger partial charge in [-0.15, -0.1) is 0 Å². The molecule has 3 rings (SSSR count). The van der Waals surface area contributed by atoms with E-state index in [2.05, 4.69) is 57.9 Å². The van der Waals surface area contributed by atoms with Crippen LogP contribution in [0.1, 0.15) is 125 Å². The van der Waals surface area contributed by atoms with Gasteiger partial charge in [-0.05, 0) is 140 Å². The van der Waals surface area contributed by atoms with Crippen LogP contribution in [0.4, 0.5) is 0 Å². The zero-order chi connectivity index (χ0) is 36.1. The highest BCUT2D eigenvalue weighted by Gasteiger charge is 2.46. The average molecular weight is 711 g/mol. The van der Waals surface area contributed by atoms with Crippen LogP contribution in [0.2, 0.25) is 0 Å². The minimum absolute atomic E-state index is 0.132. The monoisotopic (exact) mass is 710 g/mol. The number of allylic oxidation sites excluding steroid dienone is 6. The molecule has 12 heteroatoms. The third-order valence-corrected chi connectivity index (χ3v) is 11.5. The Bertz CT molecular complexity index is 1600. The second-order valence-electron chi connectivity index (χ2n) is 15.0. The van der Waals surface area contributed by atoms with E-state index in [9.17, 15) is 36.2 Å². The predicted molar refractivity (Wildman–Crippen MR) is 184 cm³/mol. The Hall–Kier alpha value is -2.22. The summed E-state index contributed by atoms with van der Waals surface area (Å²) in [5.74, 6) is -0.419. The van der Waals surface area contributed by atoms with E-state index in [0.717, 1.165) is 57.1 Å². The molecular formula is C36H54O10S2-2. The molecule has 0 radical (unpaired) electrons. The quantitative estimate of drug-likeness (QED) is 0.101. The number of hydrogen-bond acceptors (Lipinski definition) is 10. The Morgan fingerprint density at radius 1 is 1.04 bits per heavy atom. The van der Waals surface area contributed by atoms with Crippen LogP contribution in [0.25, 0.3) is 0 Å². The lowest BCUT2D eigenvalue weighted by atomic mass is 9.54. The summed E-state index contributed by atoms with van der Waals surface area (Å²) in [6.45, 7) is 14.4. The third kappa shape index (κ3) is 11.1. The molecule has 2 aliphatic carbocycles. The molecule has 0 amide bonds. The molecule has 0 saturated heterocycles. The molecular weight excluding hydrogens is 657 g/mol. The van der Waals surface area contributed by atoms with E-state index in [-0.39, 0.29) is 34.8 Å². The molecule has 1 aromatic rings. The molecule has 2 unspecified atom stereocenters. The fourth-order valence-electron chi connectivity index (χ4n) is 7.62. The fraction of sp³-hybridized carbons (Fsp3) is 0.667. The van der Waals surface area contributed by atoms with Gasteiger partial charge in [-0.3, -0.25) is 0 Å². The first-order chi connectivity index (χ1) is 22.0. The number of hydrogen-bond donors (Lipinski definition) is 2. The van der Waals surface area contributed by atoms with Crippen molar-refractivity contribution in [2.75, 3.05) is 0 Å². The highest BCUT2D eigenvalue weighted by molar-refractivity contribution is 7.81. The van der Waals surface area contributed by atoms with Crippen molar-refractivity contribution >= 4 is 20.8 Å². The second-order valence-corrected chi connectivity index (χ2v) is 16.9. The summed E-state index contributed by atoms with van der Waals surface area (Å²) < 4.78 is 77.8. The Balaban J connectivity index is 1.84. The topological polar surface area (TPSA) is 173 Å². The van der Waals surface area contributed by atoms with Crippen molar-refractivity contribution in [2.45, 2.75) is 137 Å². The molecule has 0 heterocycles. The van der Waals surface area contributed by atoms with Gasteiger partial charge in [0.05, 0.1) is 11.7 Å². The summed E-state index contributed by atoms with van der Waals surface area (Å²) in [4.78, 5) is 0. The van der Waals surface area contributed by atoms with E-state index < -0.39 is 37.9 Å². The van der Waals surface area contributed by atoms with E-state index in [1.54, 1.807) is 6.92 Å². The summed E-state index contributed by atoms with van der Waals surface area (Å²) in [5, 5.41) is 22.4. The molecule has 0 aromatic heterocycles.